The molecule has 2 aromatic carbocycles. The van der Waals surface area contributed by atoms with E-state index in [0.717, 1.165) is 11.1 Å². The molecule has 3 aromatic rings. The lowest BCUT2D eigenvalue weighted by atomic mass is 10.1. The number of ketones is 1. The highest BCUT2D eigenvalue weighted by molar-refractivity contribution is 7.07. The highest BCUT2D eigenvalue weighted by atomic mass is 32.1. The number of hydrogen-bond donors (Lipinski definition) is 0. The van der Waals surface area contributed by atoms with Gasteiger partial charge >= 0.3 is 0 Å². The lowest BCUT2D eigenvalue weighted by Gasteiger charge is -1.99. The molecule has 0 spiro atoms. The van der Waals surface area contributed by atoms with Crippen LogP contribution >= 0.6 is 11.3 Å². The fourth-order valence-corrected chi connectivity index (χ4v) is 3.48. The van der Waals surface area contributed by atoms with Gasteiger partial charge in [0.05, 0.1) is 4.53 Å². The molecule has 0 saturated heterocycles. The second-order valence-electron chi connectivity index (χ2n) is 5.55. The van der Waals surface area contributed by atoms with Crippen LogP contribution in [-0.2, 0) is 7.05 Å². The van der Waals surface area contributed by atoms with Crippen molar-refractivity contribution in [2.45, 2.75) is 6.92 Å². The molecule has 0 bridgehead atoms. The van der Waals surface area contributed by atoms with E-state index in [2.05, 4.69) is 0 Å². The Hall–Kier alpha value is -2.72. The Bertz CT molecular complexity index is 1060. The molecule has 0 atom stereocenters. The van der Waals surface area contributed by atoms with Gasteiger partial charge in [-0.2, -0.15) is 0 Å². The van der Waals surface area contributed by atoms with Crippen LogP contribution < -0.4 is 14.8 Å². The third kappa shape index (κ3) is 3.29. The van der Waals surface area contributed by atoms with Crippen molar-refractivity contribution in [1.82, 2.24) is 4.57 Å². The average molecular weight is 335 g/mol. The summed E-state index contributed by atoms with van der Waals surface area (Å²) in [4.78, 5) is 24.9. The first-order valence-electron chi connectivity index (χ1n) is 7.60. The van der Waals surface area contributed by atoms with Crippen molar-refractivity contribution < 1.29 is 4.79 Å². The summed E-state index contributed by atoms with van der Waals surface area (Å²) in [5.74, 6) is -0.0868. The number of carbonyl (C=O) groups is 1. The number of thiazole rings is 1. The second kappa shape index (κ2) is 6.81. The second-order valence-corrected chi connectivity index (χ2v) is 6.61. The van der Waals surface area contributed by atoms with E-state index in [1.807, 2.05) is 61.5 Å². The molecule has 120 valence electrons. The molecular formula is C20H17NO2S. The summed E-state index contributed by atoms with van der Waals surface area (Å²) >= 11 is 1.33. The van der Waals surface area contributed by atoms with Gasteiger partial charge in [-0.1, -0.05) is 54.6 Å². The van der Waals surface area contributed by atoms with Gasteiger partial charge in [-0.25, -0.2) is 0 Å². The largest absolute Gasteiger partial charge is 0.302 e. The van der Waals surface area contributed by atoms with Crippen LogP contribution in [0.2, 0.25) is 0 Å². The molecular weight excluding hydrogens is 318 g/mol. The van der Waals surface area contributed by atoms with Crippen molar-refractivity contribution in [2.75, 3.05) is 0 Å². The van der Waals surface area contributed by atoms with Gasteiger partial charge in [-0.05, 0) is 24.1 Å². The minimum Gasteiger partial charge on any atom is -0.302 e. The smallest absolute Gasteiger partial charge is 0.268 e. The van der Waals surface area contributed by atoms with Crippen LogP contribution in [0.4, 0.5) is 0 Å². The monoisotopic (exact) mass is 335 g/mol. The Morgan fingerprint density at radius 2 is 1.71 bits per heavy atom. The summed E-state index contributed by atoms with van der Waals surface area (Å²) in [7, 11) is 1.69. The quantitative estimate of drug-likeness (QED) is 0.689. The first kappa shape index (κ1) is 16.1. The van der Waals surface area contributed by atoms with E-state index in [1.165, 1.54) is 22.0 Å². The first-order valence-corrected chi connectivity index (χ1v) is 8.42. The van der Waals surface area contributed by atoms with Crippen LogP contribution in [0.3, 0.4) is 0 Å². The number of aromatic nitrogens is 1. The van der Waals surface area contributed by atoms with Crippen molar-refractivity contribution in [1.29, 1.82) is 0 Å². The van der Waals surface area contributed by atoms with Crippen molar-refractivity contribution in [2.24, 2.45) is 7.05 Å². The van der Waals surface area contributed by atoms with E-state index in [4.69, 9.17) is 0 Å². The summed E-state index contributed by atoms with van der Waals surface area (Å²) in [6.07, 6.45) is 3.39. The van der Waals surface area contributed by atoms with E-state index in [-0.39, 0.29) is 11.3 Å². The fraction of sp³-hybridized carbons (Fsp3) is 0.100. The van der Waals surface area contributed by atoms with Gasteiger partial charge in [0.1, 0.15) is 4.66 Å². The molecule has 24 heavy (non-hydrogen) atoms. The lowest BCUT2D eigenvalue weighted by Crippen LogP contribution is -2.29. The molecule has 0 unspecified atom stereocenters. The Balaban J connectivity index is 2.09. The van der Waals surface area contributed by atoms with Crippen molar-refractivity contribution in [3.8, 4) is 0 Å². The molecule has 0 fully saturated rings. The van der Waals surface area contributed by atoms with E-state index < -0.39 is 0 Å². The molecule has 0 aliphatic carbocycles. The van der Waals surface area contributed by atoms with E-state index in [0.29, 0.717) is 14.8 Å². The standard InChI is InChI=1S/C20H17NO2S/c1-14-8-6-7-11-16(14)17(22)13-19-21(2)20(23)18(24-19)12-15-9-4-3-5-10-15/h3-13H,1-2H3/b18-12+,19-13+. The summed E-state index contributed by atoms with van der Waals surface area (Å²) in [6, 6.07) is 17.1. The van der Waals surface area contributed by atoms with Gasteiger partial charge < -0.3 is 4.57 Å². The number of carbonyl (C=O) groups excluding carboxylic acids is 1. The zero-order valence-corrected chi connectivity index (χ0v) is 14.3. The summed E-state index contributed by atoms with van der Waals surface area (Å²) in [5.41, 5.74) is 2.46. The van der Waals surface area contributed by atoms with Crippen LogP contribution in [0.25, 0.3) is 12.2 Å². The van der Waals surface area contributed by atoms with E-state index >= 15 is 0 Å². The molecule has 0 N–H and O–H groups in total. The van der Waals surface area contributed by atoms with Crippen LogP contribution in [0.15, 0.2) is 59.4 Å². The minimum atomic E-state index is -0.0901. The molecule has 0 radical (unpaired) electrons. The first-order chi connectivity index (χ1) is 11.6. The molecule has 1 aromatic heterocycles. The Labute approximate surface area is 143 Å². The van der Waals surface area contributed by atoms with E-state index in [9.17, 15) is 9.59 Å². The van der Waals surface area contributed by atoms with Crippen molar-refractivity contribution in [3.63, 3.8) is 0 Å². The summed E-state index contributed by atoms with van der Waals surface area (Å²) < 4.78 is 2.79. The number of Topliss-reactive ketones (excluding diaryl/α,β-unsaturated/α-hetero) is 1. The zero-order valence-electron chi connectivity index (χ0n) is 13.5. The van der Waals surface area contributed by atoms with Crippen LogP contribution in [0, 0.1) is 6.92 Å². The Morgan fingerprint density at radius 1 is 1.04 bits per heavy atom. The number of rotatable bonds is 3. The number of hydrogen-bond acceptors (Lipinski definition) is 3. The summed E-state index contributed by atoms with van der Waals surface area (Å²) in [5, 5.41) is 0. The third-order valence-corrected chi connectivity index (χ3v) is 4.94. The Kier molecular flexibility index (Phi) is 4.58. The highest BCUT2D eigenvalue weighted by Crippen LogP contribution is 2.08. The minimum absolute atomic E-state index is 0.0868. The molecule has 0 amide bonds. The normalized spacial score (nSPS) is 12.6. The van der Waals surface area contributed by atoms with Gasteiger partial charge in [0, 0.05) is 18.7 Å². The van der Waals surface area contributed by atoms with Crippen LogP contribution in [0.5, 0.6) is 0 Å². The fourth-order valence-electron chi connectivity index (χ4n) is 2.45. The maximum Gasteiger partial charge on any atom is 0.268 e. The van der Waals surface area contributed by atoms with Crippen molar-refractivity contribution >= 4 is 29.3 Å². The molecule has 3 nitrogen and oxygen atoms in total. The molecule has 0 aliphatic rings. The maximum absolute atomic E-state index is 12.5. The van der Waals surface area contributed by atoms with Gasteiger partial charge in [0.2, 0.25) is 0 Å². The summed E-state index contributed by atoms with van der Waals surface area (Å²) in [6.45, 7) is 1.91. The third-order valence-electron chi connectivity index (χ3n) is 3.82. The number of nitrogens with zero attached hydrogens (tertiary/aromatic N) is 1. The van der Waals surface area contributed by atoms with Gasteiger partial charge in [0.15, 0.2) is 5.78 Å². The molecule has 0 saturated carbocycles. The highest BCUT2D eigenvalue weighted by Gasteiger charge is 2.07. The Morgan fingerprint density at radius 3 is 2.42 bits per heavy atom. The van der Waals surface area contributed by atoms with Gasteiger partial charge in [0.25, 0.3) is 5.56 Å². The van der Waals surface area contributed by atoms with Gasteiger partial charge in [-0.3, -0.25) is 9.59 Å². The van der Waals surface area contributed by atoms with Gasteiger partial charge in [-0.15, -0.1) is 11.3 Å². The number of benzene rings is 2. The van der Waals surface area contributed by atoms with Crippen LogP contribution in [-0.4, -0.2) is 10.4 Å². The molecule has 0 aliphatic heterocycles. The zero-order chi connectivity index (χ0) is 17.1. The van der Waals surface area contributed by atoms with Crippen molar-refractivity contribution in [3.05, 3.63) is 90.8 Å². The average Bonchev–Trinajstić information content (AvgIpc) is 2.84. The van der Waals surface area contributed by atoms with Crippen LogP contribution in [0.1, 0.15) is 21.5 Å². The van der Waals surface area contributed by atoms with E-state index in [1.54, 1.807) is 13.1 Å². The molecule has 4 heteroatoms. The topological polar surface area (TPSA) is 39.1 Å². The molecule has 3 rings (SSSR count). The lowest BCUT2D eigenvalue weighted by molar-refractivity contribution is 0.106. The predicted octanol–water partition coefficient (Wildman–Crippen LogP) is 2.25. The SMILES string of the molecule is Cc1ccccc1C(=O)/C=c1/s/c(=C/c2ccccc2)c(=O)n1C. The number of aryl methyl sites for hydroxylation is 1. The maximum atomic E-state index is 12.5. The predicted molar refractivity (Wildman–Crippen MR) is 98.8 cm³/mol. The molecule has 1 heterocycles.